The van der Waals surface area contributed by atoms with Crippen LogP contribution in [-0.4, -0.2) is 31.3 Å². The number of hydrogen-bond acceptors (Lipinski definition) is 4. The number of ether oxygens (including phenoxy) is 1. The molecule has 0 aliphatic rings. The highest BCUT2D eigenvalue weighted by molar-refractivity contribution is 7.89. The molecule has 1 aromatic rings. The Morgan fingerprint density at radius 3 is 2.44 bits per heavy atom. The number of sulfonamides is 1. The van der Waals surface area contributed by atoms with E-state index in [9.17, 15) is 13.2 Å². The Kier molecular flexibility index (Phi) is 8.15. The molecule has 1 rings (SSSR count). The first kappa shape index (κ1) is 20.7. The highest BCUT2D eigenvalue weighted by Gasteiger charge is 2.20. The van der Waals surface area contributed by atoms with E-state index in [2.05, 4.69) is 13.2 Å². The average Bonchev–Trinajstić information content (AvgIpc) is 2.57. The molecule has 1 unspecified atom stereocenters. The van der Waals surface area contributed by atoms with Gasteiger partial charge in [0.15, 0.2) is 0 Å². The minimum Gasteiger partial charge on any atom is -0.458 e. The van der Waals surface area contributed by atoms with E-state index < -0.39 is 16.1 Å². The number of benzene rings is 1. The van der Waals surface area contributed by atoms with Crippen LogP contribution in [0, 0.1) is 6.92 Å². The second kappa shape index (κ2) is 9.84. The van der Waals surface area contributed by atoms with Crippen molar-refractivity contribution in [2.45, 2.75) is 37.7 Å². The summed E-state index contributed by atoms with van der Waals surface area (Å²) in [6, 6.07) is 6.61. The summed E-state index contributed by atoms with van der Waals surface area (Å²) < 4.78 is 31.8. The topological polar surface area (TPSA) is 63.7 Å². The Morgan fingerprint density at radius 1 is 1.24 bits per heavy atom. The fraction of sp³-hybridized carbons (Fsp3) is 0.316. The quantitative estimate of drug-likeness (QED) is 0.471. The van der Waals surface area contributed by atoms with Crippen molar-refractivity contribution < 1.29 is 17.9 Å². The molecule has 0 heterocycles. The van der Waals surface area contributed by atoms with Crippen molar-refractivity contribution >= 4 is 16.0 Å². The highest BCUT2D eigenvalue weighted by Crippen LogP contribution is 2.17. The van der Waals surface area contributed by atoms with Crippen molar-refractivity contribution in [3.05, 3.63) is 67.4 Å². The lowest BCUT2D eigenvalue weighted by Gasteiger charge is -2.19. The van der Waals surface area contributed by atoms with Crippen LogP contribution in [-0.2, 0) is 19.6 Å². The summed E-state index contributed by atoms with van der Waals surface area (Å²) in [7, 11) is -3.70. The van der Waals surface area contributed by atoms with Crippen molar-refractivity contribution in [1.82, 2.24) is 4.31 Å². The van der Waals surface area contributed by atoms with Gasteiger partial charge in [0.1, 0.15) is 6.10 Å². The zero-order valence-corrected chi connectivity index (χ0v) is 15.5. The molecule has 0 N–H and O–H groups in total. The standard InChI is InChI=1S/C19H25NO4S/c1-5-7-8-19(21)24-17(4)13-15-20(14-6-2)25(22,23)18-11-9-16(3)10-12-18/h5-6,9-13,15,17H,1-2,7-8,14H2,3-4H3/b15-13+. The fourth-order valence-electron chi connectivity index (χ4n) is 1.95. The van der Waals surface area contributed by atoms with Gasteiger partial charge in [0.2, 0.25) is 0 Å². The van der Waals surface area contributed by atoms with Crippen molar-refractivity contribution in [2.24, 2.45) is 0 Å². The molecule has 25 heavy (non-hydrogen) atoms. The third-order valence-corrected chi connectivity index (χ3v) is 5.09. The van der Waals surface area contributed by atoms with E-state index in [4.69, 9.17) is 4.74 Å². The zero-order chi connectivity index (χ0) is 18.9. The van der Waals surface area contributed by atoms with Crippen LogP contribution in [0.15, 0.2) is 66.7 Å². The molecule has 0 saturated carbocycles. The van der Waals surface area contributed by atoms with Crippen LogP contribution >= 0.6 is 0 Å². The van der Waals surface area contributed by atoms with Gasteiger partial charge in [-0.05, 0) is 38.5 Å². The van der Waals surface area contributed by atoms with E-state index in [0.717, 1.165) is 5.56 Å². The van der Waals surface area contributed by atoms with Crippen molar-refractivity contribution in [3.63, 3.8) is 0 Å². The number of aryl methyl sites for hydroxylation is 1. The van der Waals surface area contributed by atoms with Crippen LogP contribution in [0.2, 0.25) is 0 Å². The molecule has 0 aliphatic heterocycles. The van der Waals surface area contributed by atoms with Crippen LogP contribution in [0.25, 0.3) is 0 Å². The molecule has 0 radical (unpaired) electrons. The van der Waals surface area contributed by atoms with Crippen LogP contribution in [0.1, 0.15) is 25.3 Å². The molecule has 0 aliphatic carbocycles. The maximum absolute atomic E-state index is 12.7. The summed E-state index contributed by atoms with van der Waals surface area (Å²) in [4.78, 5) is 11.8. The van der Waals surface area contributed by atoms with Crippen LogP contribution in [0.4, 0.5) is 0 Å². The zero-order valence-electron chi connectivity index (χ0n) is 14.7. The van der Waals surface area contributed by atoms with Crippen LogP contribution in [0.5, 0.6) is 0 Å². The molecular weight excluding hydrogens is 338 g/mol. The summed E-state index contributed by atoms with van der Waals surface area (Å²) in [6.45, 7) is 10.8. The van der Waals surface area contributed by atoms with E-state index in [0.29, 0.717) is 6.42 Å². The van der Waals surface area contributed by atoms with Gasteiger partial charge in [-0.3, -0.25) is 9.10 Å². The van der Waals surface area contributed by atoms with Gasteiger partial charge in [0, 0.05) is 12.6 Å². The van der Waals surface area contributed by atoms with E-state index in [1.807, 2.05) is 6.92 Å². The Hall–Kier alpha value is -2.34. The van der Waals surface area contributed by atoms with Gasteiger partial charge in [0.25, 0.3) is 10.0 Å². The monoisotopic (exact) mass is 363 g/mol. The first-order chi connectivity index (χ1) is 11.8. The number of rotatable bonds is 10. The Labute approximate surface area is 150 Å². The van der Waals surface area contributed by atoms with Crippen molar-refractivity contribution in [3.8, 4) is 0 Å². The predicted octanol–water partition coefficient (Wildman–Crippen LogP) is 3.58. The third kappa shape index (κ3) is 6.58. The number of hydrogen-bond donors (Lipinski definition) is 0. The Balaban J connectivity index is 2.88. The molecular formula is C19H25NO4S. The largest absolute Gasteiger partial charge is 0.458 e. The molecule has 0 saturated heterocycles. The Morgan fingerprint density at radius 2 is 1.88 bits per heavy atom. The minimum atomic E-state index is -3.70. The van der Waals surface area contributed by atoms with Crippen LogP contribution < -0.4 is 0 Å². The second-order valence-electron chi connectivity index (χ2n) is 5.54. The maximum Gasteiger partial charge on any atom is 0.306 e. The first-order valence-electron chi connectivity index (χ1n) is 7.99. The Bertz CT molecular complexity index is 720. The normalized spacial score (nSPS) is 12.6. The van der Waals surface area contributed by atoms with E-state index in [1.165, 1.54) is 22.7 Å². The number of esters is 1. The van der Waals surface area contributed by atoms with Crippen LogP contribution in [0.3, 0.4) is 0 Å². The molecule has 1 aromatic carbocycles. The molecule has 0 amide bonds. The summed E-state index contributed by atoms with van der Waals surface area (Å²) >= 11 is 0. The second-order valence-corrected chi connectivity index (χ2v) is 7.43. The molecule has 0 aromatic heterocycles. The van der Waals surface area contributed by atoms with E-state index in [-0.39, 0.29) is 23.8 Å². The lowest BCUT2D eigenvalue weighted by Crippen LogP contribution is -2.27. The van der Waals surface area contributed by atoms with Gasteiger partial charge in [0.05, 0.1) is 11.4 Å². The predicted molar refractivity (Wildman–Crippen MR) is 99.4 cm³/mol. The van der Waals surface area contributed by atoms with E-state index in [1.54, 1.807) is 37.3 Å². The molecule has 0 bridgehead atoms. The van der Waals surface area contributed by atoms with Gasteiger partial charge in [-0.25, -0.2) is 8.42 Å². The molecule has 5 nitrogen and oxygen atoms in total. The SMILES string of the molecule is C=CCCC(=O)OC(C)/C=C/N(CC=C)S(=O)(=O)c1ccc(C)cc1. The first-order valence-corrected chi connectivity index (χ1v) is 9.43. The summed E-state index contributed by atoms with van der Waals surface area (Å²) in [5.74, 6) is -0.353. The molecule has 136 valence electrons. The number of allylic oxidation sites excluding steroid dienone is 1. The molecule has 0 spiro atoms. The van der Waals surface area contributed by atoms with Crippen molar-refractivity contribution in [2.75, 3.05) is 6.54 Å². The van der Waals surface area contributed by atoms with E-state index >= 15 is 0 Å². The highest BCUT2D eigenvalue weighted by atomic mass is 32.2. The summed E-state index contributed by atoms with van der Waals surface area (Å²) in [6.07, 6.45) is 6.32. The fourth-order valence-corrected chi connectivity index (χ4v) is 3.24. The number of carbonyl (C=O) groups is 1. The number of nitrogens with zero attached hydrogens (tertiary/aromatic N) is 1. The van der Waals surface area contributed by atoms with Gasteiger partial charge in [-0.1, -0.05) is 29.8 Å². The molecule has 1 atom stereocenters. The molecule has 0 fully saturated rings. The van der Waals surface area contributed by atoms with Gasteiger partial charge < -0.3 is 4.74 Å². The van der Waals surface area contributed by atoms with Gasteiger partial charge in [-0.15, -0.1) is 13.2 Å². The number of carbonyl (C=O) groups excluding carboxylic acids is 1. The maximum atomic E-state index is 12.7. The summed E-state index contributed by atoms with van der Waals surface area (Å²) in [5.41, 5.74) is 0.977. The lowest BCUT2D eigenvalue weighted by molar-refractivity contribution is -0.146. The third-order valence-electron chi connectivity index (χ3n) is 3.33. The van der Waals surface area contributed by atoms with Crippen molar-refractivity contribution in [1.29, 1.82) is 0 Å². The molecule has 6 heteroatoms. The van der Waals surface area contributed by atoms with Gasteiger partial charge in [-0.2, -0.15) is 0 Å². The average molecular weight is 363 g/mol. The van der Waals surface area contributed by atoms with Gasteiger partial charge >= 0.3 is 5.97 Å². The minimum absolute atomic E-state index is 0.115. The lowest BCUT2D eigenvalue weighted by atomic mass is 10.2. The smallest absolute Gasteiger partial charge is 0.306 e. The summed E-state index contributed by atoms with van der Waals surface area (Å²) in [5, 5.41) is 0.